The Morgan fingerprint density at radius 2 is 1.94 bits per heavy atom. The molecule has 17 heavy (non-hydrogen) atoms. The van der Waals surface area contributed by atoms with E-state index in [2.05, 4.69) is 0 Å². The number of hydrogen-bond acceptors (Lipinski definition) is 3. The molecule has 94 valence electrons. The Morgan fingerprint density at radius 3 is 2.41 bits per heavy atom. The van der Waals surface area contributed by atoms with Gasteiger partial charge in [-0.15, -0.1) is 0 Å². The molecule has 0 bridgehead atoms. The van der Waals surface area contributed by atoms with Crippen LogP contribution in [0.25, 0.3) is 0 Å². The SMILES string of the molecule is COc1cc(OC)c(CC(C)C(=O)O)cc1Cl. The Morgan fingerprint density at radius 1 is 1.35 bits per heavy atom. The molecule has 0 aliphatic carbocycles. The number of aliphatic carboxylic acids is 1. The largest absolute Gasteiger partial charge is 0.496 e. The molecule has 0 aliphatic rings. The van der Waals surface area contributed by atoms with Gasteiger partial charge < -0.3 is 14.6 Å². The summed E-state index contributed by atoms with van der Waals surface area (Å²) in [6.45, 7) is 1.64. The van der Waals surface area contributed by atoms with Crippen molar-refractivity contribution >= 4 is 17.6 Å². The lowest BCUT2D eigenvalue weighted by Gasteiger charge is -2.13. The first-order chi connectivity index (χ1) is 7.99. The average Bonchev–Trinajstić information content (AvgIpc) is 2.29. The predicted octanol–water partition coefficient (Wildman–Crippen LogP) is 2.62. The van der Waals surface area contributed by atoms with Crippen LogP contribution < -0.4 is 9.47 Å². The van der Waals surface area contributed by atoms with E-state index in [1.807, 2.05) is 0 Å². The Kier molecular flexibility index (Phi) is 4.63. The molecular formula is C12H15ClO4. The third kappa shape index (κ3) is 3.27. The van der Waals surface area contributed by atoms with Crippen molar-refractivity contribution in [1.29, 1.82) is 0 Å². The number of hydrogen-bond donors (Lipinski definition) is 1. The molecule has 1 aromatic rings. The maximum absolute atomic E-state index is 10.8. The van der Waals surface area contributed by atoms with Crippen LogP contribution in [-0.2, 0) is 11.2 Å². The molecular weight excluding hydrogens is 244 g/mol. The number of methoxy groups -OCH3 is 2. The van der Waals surface area contributed by atoms with Crippen LogP contribution in [0, 0.1) is 5.92 Å². The van der Waals surface area contributed by atoms with Gasteiger partial charge in [0, 0.05) is 6.07 Å². The Bertz CT molecular complexity index is 417. The van der Waals surface area contributed by atoms with Gasteiger partial charge in [-0.3, -0.25) is 4.79 Å². The third-order valence-corrected chi connectivity index (χ3v) is 2.80. The first kappa shape index (κ1) is 13.6. The molecule has 1 N–H and O–H groups in total. The highest BCUT2D eigenvalue weighted by Gasteiger charge is 2.16. The maximum Gasteiger partial charge on any atom is 0.306 e. The van der Waals surface area contributed by atoms with E-state index in [0.29, 0.717) is 22.9 Å². The van der Waals surface area contributed by atoms with Crippen molar-refractivity contribution in [2.75, 3.05) is 14.2 Å². The number of ether oxygens (including phenoxy) is 2. The van der Waals surface area contributed by atoms with Gasteiger partial charge in [-0.25, -0.2) is 0 Å². The van der Waals surface area contributed by atoms with Crippen molar-refractivity contribution in [3.8, 4) is 11.5 Å². The van der Waals surface area contributed by atoms with Gasteiger partial charge in [0.15, 0.2) is 0 Å². The highest BCUT2D eigenvalue weighted by Crippen LogP contribution is 2.33. The van der Waals surface area contributed by atoms with Crippen molar-refractivity contribution in [3.63, 3.8) is 0 Å². The van der Waals surface area contributed by atoms with E-state index < -0.39 is 11.9 Å². The topological polar surface area (TPSA) is 55.8 Å². The molecule has 0 aromatic heterocycles. The molecule has 0 saturated carbocycles. The summed E-state index contributed by atoms with van der Waals surface area (Å²) in [5.74, 6) is -0.248. The van der Waals surface area contributed by atoms with Crippen molar-refractivity contribution in [2.24, 2.45) is 5.92 Å². The van der Waals surface area contributed by atoms with E-state index >= 15 is 0 Å². The van der Waals surface area contributed by atoms with Gasteiger partial charge in [0.25, 0.3) is 0 Å². The molecule has 0 fully saturated rings. The fraction of sp³-hybridized carbons (Fsp3) is 0.417. The van der Waals surface area contributed by atoms with Gasteiger partial charge in [-0.1, -0.05) is 18.5 Å². The normalized spacial score (nSPS) is 12.0. The monoisotopic (exact) mass is 258 g/mol. The van der Waals surface area contributed by atoms with Gasteiger partial charge in [0.05, 0.1) is 25.2 Å². The van der Waals surface area contributed by atoms with Gasteiger partial charge in [-0.05, 0) is 18.1 Å². The predicted molar refractivity (Wildman–Crippen MR) is 65.1 cm³/mol. The van der Waals surface area contributed by atoms with E-state index in [9.17, 15) is 4.79 Å². The maximum atomic E-state index is 10.8. The van der Waals surface area contributed by atoms with Gasteiger partial charge in [-0.2, -0.15) is 0 Å². The summed E-state index contributed by atoms with van der Waals surface area (Å²) in [6, 6.07) is 3.34. The fourth-order valence-electron chi connectivity index (χ4n) is 1.50. The van der Waals surface area contributed by atoms with E-state index in [1.54, 1.807) is 19.1 Å². The molecule has 0 spiro atoms. The molecule has 0 heterocycles. The van der Waals surface area contributed by atoms with E-state index in [4.69, 9.17) is 26.2 Å². The molecule has 1 unspecified atom stereocenters. The number of halogens is 1. The van der Waals surface area contributed by atoms with Crippen LogP contribution >= 0.6 is 11.6 Å². The van der Waals surface area contributed by atoms with Crippen LogP contribution in [0.15, 0.2) is 12.1 Å². The first-order valence-corrected chi connectivity index (χ1v) is 5.50. The zero-order valence-electron chi connectivity index (χ0n) is 9.99. The van der Waals surface area contributed by atoms with Crippen molar-refractivity contribution in [1.82, 2.24) is 0 Å². The highest BCUT2D eigenvalue weighted by atomic mass is 35.5. The number of benzene rings is 1. The van der Waals surface area contributed by atoms with E-state index in [-0.39, 0.29) is 0 Å². The molecule has 1 atom stereocenters. The van der Waals surface area contributed by atoms with Crippen LogP contribution in [0.3, 0.4) is 0 Å². The summed E-state index contributed by atoms with van der Waals surface area (Å²) in [4.78, 5) is 10.8. The van der Waals surface area contributed by atoms with Crippen molar-refractivity contribution in [3.05, 3.63) is 22.7 Å². The Labute approximate surface area is 105 Å². The number of carboxylic acids is 1. The van der Waals surface area contributed by atoms with Crippen LogP contribution in [0.4, 0.5) is 0 Å². The number of carboxylic acid groups (broad SMARTS) is 1. The third-order valence-electron chi connectivity index (χ3n) is 2.50. The Balaban J connectivity index is 3.06. The summed E-state index contributed by atoms with van der Waals surface area (Å²) in [5, 5.41) is 9.32. The minimum atomic E-state index is -0.848. The van der Waals surface area contributed by atoms with Crippen LogP contribution in [0.2, 0.25) is 5.02 Å². The number of rotatable bonds is 5. The van der Waals surface area contributed by atoms with Crippen molar-refractivity contribution in [2.45, 2.75) is 13.3 Å². The van der Waals surface area contributed by atoms with Gasteiger partial charge in [0.2, 0.25) is 0 Å². The summed E-state index contributed by atoms with van der Waals surface area (Å²) < 4.78 is 10.3. The second-order valence-corrected chi connectivity index (χ2v) is 4.15. The zero-order chi connectivity index (χ0) is 13.0. The van der Waals surface area contributed by atoms with Crippen molar-refractivity contribution < 1.29 is 19.4 Å². The lowest BCUT2D eigenvalue weighted by molar-refractivity contribution is -0.141. The lowest BCUT2D eigenvalue weighted by Crippen LogP contribution is -2.12. The minimum Gasteiger partial charge on any atom is -0.496 e. The molecule has 0 aliphatic heterocycles. The molecule has 0 radical (unpaired) electrons. The highest BCUT2D eigenvalue weighted by molar-refractivity contribution is 6.32. The quantitative estimate of drug-likeness (QED) is 0.882. The minimum absolute atomic E-state index is 0.363. The summed E-state index contributed by atoms with van der Waals surface area (Å²) in [6.07, 6.45) is 0.363. The molecule has 0 saturated heterocycles. The smallest absolute Gasteiger partial charge is 0.306 e. The summed E-state index contributed by atoms with van der Waals surface area (Å²) in [5.41, 5.74) is 0.758. The van der Waals surface area contributed by atoms with E-state index in [0.717, 1.165) is 5.56 Å². The van der Waals surface area contributed by atoms with Crippen LogP contribution in [0.1, 0.15) is 12.5 Å². The summed E-state index contributed by atoms with van der Waals surface area (Å²) in [7, 11) is 3.04. The van der Waals surface area contributed by atoms with E-state index in [1.165, 1.54) is 14.2 Å². The van der Waals surface area contributed by atoms with Gasteiger partial charge >= 0.3 is 5.97 Å². The molecule has 0 amide bonds. The zero-order valence-corrected chi connectivity index (χ0v) is 10.7. The number of carbonyl (C=O) groups is 1. The lowest BCUT2D eigenvalue weighted by atomic mass is 10.0. The molecule has 1 aromatic carbocycles. The molecule has 1 rings (SSSR count). The molecule has 5 heteroatoms. The fourth-order valence-corrected chi connectivity index (χ4v) is 1.76. The standard InChI is InChI=1S/C12H15ClO4/c1-7(12(14)15)4-8-5-9(13)11(17-3)6-10(8)16-2/h5-7H,4H2,1-3H3,(H,14,15). The summed E-state index contributed by atoms with van der Waals surface area (Å²) >= 11 is 5.99. The second kappa shape index (κ2) is 5.77. The Hall–Kier alpha value is -1.42. The van der Waals surface area contributed by atoms with Gasteiger partial charge in [0.1, 0.15) is 11.5 Å². The average molecular weight is 259 g/mol. The van der Waals surface area contributed by atoms with Crippen LogP contribution in [0.5, 0.6) is 11.5 Å². The van der Waals surface area contributed by atoms with Crippen LogP contribution in [-0.4, -0.2) is 25.3 Å². The first-order valence-electron chi connectivity index (χ1n) is 5.12. The molecule has 4 nitrogen and oxygen atoms in total. The second-order valence-electron chi connectivity index (χ2n) is 3.74.